The summed E-state index contributed by atoms with van der Waals surface area (Å²) in [5.41, 5.74) is 0. The lowest BCUT2D eigenvalue weighted by Crippen LogP contribution is -2.38. The second-order valence-electron chi connectivity index (χ2n) is 2.23. The van der Waals surface area contributed by atoms with Gasteiger partial charge in [-0.3, -0.25) is 4.79 Å². The molecule has 6 heteroatoms. The van der Waals surface area contributed by atoms with Crippen molar-refractivity contribution in [2.75, 3.05) is 6.61 Å². The minimum Gasteiger partial charge on any atom is -0.542 e. The van der Waals surface area contributed by atoms with Crippen LogP contribution in [0.4, 0.5) is 0 Å². The number of aliphatic hydroxyl groups is 3. The van der Waals surface area contributed by atoms with Gasteiger partial charge in [-0.2, -0.15) is 0 Å². The second kappa shape index (κ2) is 4.81. The number of aliphatic carboxylic acids is 1. The third kappa shape index (κ3) is 3.42. The molecule has 0 bridgehead atoms. The molecule has 0 heterocycles. The van der Waals surface area contributed by atoms with Crippen LogP contribution in [0.25, 0.3) is 0 Å². The number of ketones is 1. The van der Waals surface area contributed by atoms with E-state index >= 15 is 0 Å². The van der Waals surface area contributed by atoms with Crippen molar-refractivity contribution in [3.8, 4) is 0 Å². The molecule has 0 aliphatic heterocycles. The molecule has 0 unspecified atom stereocenters. The molecule has 0 saturated carbocycles. The van der Waals surface area contributed by atoms with E-state index in [4.69, 9.17) is 15.3 Å². The van der Waals surface area contributed by atoms with Crippen LogP contribution < -0.4 is 5.11 Å². The van der Waals surface area contributed by atoms with Gasteiger partial charge in [-0.15, -0.1) is 0 Å². The third-order valence-electron chi connectivity index (χ3n) is 1.25. The summed E-state index contributed by atoms with van der Waals surface area (Å²) in [6, 6.07) is 0. The van der Waals surface area contributed by atoms with E-state index < -0.39 is 37.0 Å². The Labute approximate surface area is 68.1 Å². The minimum atomic E-state index is -1.92. The molecule has 0 saturated heterocycles. The Hall–Kier alpha value is -0.980. The molecule has 6 nitrogen and oxygen atoms in total. The van der Waals surface area contributed by atoms with E-state index in [2.05, 4.69) is 0 Å². The number of carbonyl (C=O) groups is 2. The fourth-order valence-electron chi connectivity index (χ4n) is 0.531. The summed E-state index contributed by atoms with van der Waals surface area (Å²) in [5, 5.41) is 35.6. The summed E-state index contributed by atoms with van der Waals surface area (Å²) in [6.45, 7) is -0.735. The largest absolute Gasteiger partial charge is 0.542 e. The summed E-state index contributed by atoms with van der Waals surface area (Å²) in [6.07, 6.45) is -3.84. The first-order chi connectivity index (χ1) is 5.49. The Morgan fingerprint density at radius 2 is 1.75 bits per heavy atom. The number of carboxylic acid groups (broad SMARTS) is 1. The monoisotopic (exact) mass is 177 g/mol. The maximum atomic E-state index is 10.4. The summed E-state index contributed by atoms with van der Waals surface area (Å²) in [7, 11) is 0. The second-order valence-corrected chi connectivity index (χ2v) is 2.23. The van der Waals surface area contributed by atoms with Crippen LogP contribution in [0, 0.1) is 0 Å². The lowest BCUT2D eigenvalue weighted by atomic mass is 10.1. The molecule has 3 N–H and O–H groups in total. The zero-order chi connectivity index (χ0) is 9.72. The summed E-state index contributed by atoms with van der Waals surface area (Å²) < 4.78 is 0. The Morgan fingerprint density at radius 1 is 1.25 bits per heavy atom. The molecular formula is C6H9O6-. The fraction of sp³-hybridized carbons (Fsp3) is 0.667. The molecular weight excluding hydrogens is 168 g/mol. The molecule has 0 aliphatic rings. The highest BCUT2D eigenvalue weighted by atomic mass is 16.4. The van der Waals surface area contributed by atoms with Crippen LogP contribution in [0.5, 0.6) is 0 Å². The van der Waals surface area contributed by atoms with Crippen molar-refractivity contribution in [2.24, 2.45) is 0 Å². The van der Waals surface area contributed by atoms with Crippen molar-refractivity contribution in [2.45, 2.75) is 18.6 Å². The lowest BCUT2D eigenvalue weighted by Gasteiger charge is -2.14. The number of rotatable bonds is 5. The molecule has 0 aromatic heterocycles. The van der Waals surface area contributed by atoms with Crippen molar-refractivity contribution < 1.29 is 30.0 Å². The van der Waals surface area contributed by atoms with Crippen molar-refractivity contribution in [3.05, 3.63) is 0 Å². The van der Waals surface area contributed by atoms with E-state index in [1.165, 1.54) is 0 Å². The number of hydrogen-bond acceptors (Lipinski definition) is 6. The quantitative estimate of drug-likeness (QED) is 0.373. The van der Waals surface area contributed by atoms with Crippen molar-refractivity contribution >= 4 is 11.8 Å². The number of carbonyl (C=O) groups excluding carboxylic acids is 2. The number of carboxylic acids is 1. The van der Waals surface area contributed by atoms with Crippen LogP contribution in [0.15, 0.2) is 0 Å². The zero-order valence-corrected chi connectivity index (χ0v) is 6.14. The summed E-state index contributed by atoms with van der Waals surface area (Å²) >= 11 is 0. The highest BCUT2D eigenvalue weighted by Crippen LogP contribution is 1.98. The van der Waals surface area contributed by atoms with Gasteiger partial charge >= 0.3 is 0 Å². The van der Waals surface area contributed by atoms with Gasteiger partial charge in [-0.1, -0.05) is 0 Å². The minimum absolute atomic E-state index is 0.735. The van der Waals surface area contributed by atoms with Gasteiger partial charge in [0.15, 0.2) is 5.78 Å². The Balaban J connectivity index is 3.92. The normalized spacial score (nSPS) is 15.2. The number of Topliss-reactive ketones (excluding diaryl/α,β-unsaturated/α-hetero) is 1. The van der Waals surface area contributed by atoms with E-state index in [-0.39, 0.29) is 0 Å². The smallest absolute Gasteiger partial charge is 0.180 e. The van der Waals surface area contributed by atoms with Gasteiger partial charge in [-0.05, 0) is 0 Å². The van der Waals surface area contributed by atoms with Crippen LogP contribution in [-0.4, -0.2) is 45.9 Å². The summed E-state index contributed by atoms with van der Waals surface area (Å²) in [4.78, 5) is 20.2. The molecule has 0 rings (SSSR count). The Bertz CT molecular complexity index is 177. The van der Waals surface area contributed by atoms with Crippen LogP contribution in [0.2, 0.25) is 0 Å². The van der Waals surface area contributed by atoms with Crippen LogP contribution in [0.3, 0.4) is 0 Å². The molecule has 0 amide bonds. The standard InChI is InChI=1S/C6H10O6/c7-2-5(10)3(8)1-4(9)6(11)12/h3,5,7-8,10H,1-2H2,(H,11,12)/p-1/t3-,5-/m1/s1. The fourth-order valence-corrected chi connectivity index (χ4v) is 0.531. The van der Waals surface area contributed by atoms with E-state index in [9.17, 15) is 14.7 Å². The van der Waals surface area contributed by atoms with Gasteiger partial charge in [0.25, 0.3) is 0 Å². The number of hydrogen-bond donors (Lipinski definition) is 3. The molecule has 12 heavy (non-hydrogen) atoms. The highest BCUT2D eigenvalue weighted by Gasteiger charge is 2.18. The maximum Gasteiger partial charge on any atom is 0.180 e. The van der Waals surface area contributed by atoms with Gasteiger partial charge in [0.1, 0.15) is 12.1 Å². The van der Waals surface area contributed by atoms with Crippen LogP contribution in [0.1, 0.15) is 6.42 Å². The SMILES string of the molecule is O=C([O-])C(=O)C[C@@H](O)[C@H](O)CO. The Kier molecular flexibility index (Phi) is 4.42. The van der Waals surface area contributed by atoms with Crippen molar-refractivity contribution in [1.29, 1.82) is 0 Å². The number of aliphatic hydroxyl groups excluding tert-OH is 3. The van der Waals surface area contributed by atoms with Crippen LogP contribution >= 0.6 is 0 Å². The maximum absolute atomic E-state index is 10.4. The highest BCUT2D eigenvalue weighted by molar-refractivity contribution is 6.31. The van der Waals surface area contributed by atoms with Gasteiger partial charge in [0.05, 0.1) is 12.7 Å². The first kappa shape index (κ1) is 11.0. The molecule has 0 radical (unpaired) electrons. The molecule has 0 aromatic rings. The van der Waals surface area contributed by atoms with Crippen molar-refractivity contribution in [3.63, 3.8) is 0 Å². The van der Waals surface area contributed by atoms with Gasteiger partial charge in [0.2, 0.25) is 0 Å². The first-order valence-electron chi connectivity index (χ1n) is 3.20. The van der Waals surface area contributed by atoms with Gasteiger partial charge in [0, 0.05) is 6.42 Å². The molecule has 0 aromatic carbocycles. The molecule has 0 spiro atoms. The van der Waals surface area contributed by atoms with Gasteiger partial charge in [-0.25, -0.2) is 0 Å². The van der Waals surface area contributed by atoms with E-state index in [1.807, 2.05) is 0 Å². The first-order valence-corrected chi connectivity index (χ1v) is 3.20. The van der Waals surface area contributed by atoms with E-state index in [0.717, 1.165) is 0 Å². The molecule has 0 fully saturated rings. The lowest BCUT2D eigenvalue weighted by molar-refractivity contribution is -0.300. The topological polar surface area (TPSA) is 118 Å². The van der Waals surface area contributed by atoms with E-state index in [1.54, 1.807) is 0 Å². The summed E-state index contributed by atoms with van der Waals surface area (Å²) in [5.74, 6) is -3.23. The molecule has 70 valence electrons. The zero-order valence-electron chi connectivity index (χ0n) is 6.14. The van der Waals surface area contributed by atoms with Crippen LogP contribution in [-0.2, 0) is 9.59 Å². The third-order valence-corrected chi connectivity index (χ3v) is 1.25. The average Bonchev–Trinajstić information content (AvgIpc) is 2.02. The van der Waals surface area contributed by atoms with Gasteiger partial charge < -0.3 is 25.2 Å². The Morgan fingerprint density at radius 3 is 2.08 bits per heavy atom. The van der Waals surface area contributed by atoms with E-state index in [0.29, 0.717) is 0 Å². The molecule has 0 aliphatic carbocycles. The van der Waals surface area contributed by atoms with Crippen molar-refractivity contribution in [1.82, 2.24) is 0 Å². The predicted octanol–water partition coefficient (Wildman–Crippen LogP) is -3.59. The average molecular weight is 177 g/mol. The predicted molar refractivity (Wildman–Crippen MR) is 33.7 cm³/mol. The molecule has 2 atom stereocenters.